The number of nitrogens with one attached hydrogen (secondary N) is 1. The molecule has 130 valence electrons. The second-order valence-corrected chi connectivity index (χ2v) is 6.19. The third-order valence-electron chi connectivity index (χ3n) is 3.08. The molecule has 2 rings (SSSR count). The molecule has 2 aromatic carbocycles. The van der Waals surface area contributed by atoms with Gasteiger partial charge in [-0.3, -0.25) is 14.9 Å². The van der Waals surface area contributed by atoms with Gasteiger partial charge in [0.15, 0.2) is 6.61 Å². The number of nitrogens with zero attached hydrogens (tertiary/aromatic N) is 2. The molecule has 0 fully saturated rings. The van der Waals surface area contributed by atoms with Crippen LogP contribution in [0.1, 0.15) is 12.5 Å². The van der Waals surface area contributed by atoms with Crippen molar-refractivity contribution in [2.75, 3.05) is 6.61 Å². The van der Waals surface area contributed by atoms with Crippen molar-refractivity contribution < 1.29 is 14.5 Å². The highest BCUT2D eigenvalue weighted by Gasteiger charge is 2.09. The number of carbonyl (C=O) groups is 1. The first-order valence-electron chi connectivity index (χ1n) is 7.02. The maximum Gasteiger partial charge on any atom is 0.277 e. The van der Waals surface area contributed by atoms with Gasteiger partial charge in [0, 0.05) is 22.7 Å². The van der Waals surface area contributed by atoms with E-state index in [0.717, 1.165) is 0 Å². The Kier molecular flexibility index (Phi) is 6.49. The summed E-state index contributed by atoms with van der Waals surface area (Å²) in [6, 6.07) is 10.9. The maximum atomic E-state index is 11.8. The quantitative estimate of drug-likeness (QED) is 0.430. The number of benzene rings is 2. The molecule has 0 atom stereocenters. The van der Waals surface area contributed by atoms with Gasteiger partial charge in [-0.1, -0.05) is 23.7 Å². The van der Waals surface area contributed by atoms with E-state index in [1.807, 2.05) is 0 Å². The fourth-order valence-electron chi connectivity index (χ4n) is 1.82. The van der Waals surface area contributed by atoms with E-state index in [0.29, 0.717) is 26.5 Å². The molecular formula is C16H13BrClN3O4. The Morgan fingerprint density at radius 3 is 2.80 bits per heavy atom. The summed E-state index contributed by atoms with van der Waals surface area (Å²) in [6.07, 6.45) is 0. The van der Waals surface area contributed by atoms with E-state index in [2.05, 4.69) is 26.5 Å². The number of amides is 1. The second kappa shape index (κ2) is 8.59. The highest BCUT2D eigenvalue weighted by molar-refractivity contribution is 9.10. The molecular weight excluding hydrogens is 414 g/mol. The molecule has 0 saturated carbocycles. The number of carbonyl (C=O) groups excluding carboxylic acids is 1. The average molecular weight is 427 g/mol. The first-order chi connectivity index (χ1) is 11.9. The standard InChI is InChI=1S/C16H13BrClN3O4/c1-10(11-3-2-4-13(7-11)21(23)24)19-20-16(22)9-25-15-6-5-12(18)8-14(15)17/h2-8H,9H2,1H3,(H,20,22)/b19-10+. The van der Waals surface area contributed by atoms with Crippen LogP contribution in [-0.2, 0) is 4.79 Å². The van der Waals surface area contributed by atoms with E-state index < -0.39 is 10.8 Å². The van der Waals surface area contributed by atoms with Crippen molar-refractivity contribution in [2.45, 2.75) is 6.92 Å². The Morgan fingerprint density at radius 1 is 1.36 bits per heavy atom. The maximum absolute atomic E-state index is 11.8. The summed E-state index contributed by atoms with van der Waals surface area (Å²) in [5, 5.41) is 15.2. The van der Waals surface area contributed by atoms with Crippen LogP contribution in [0, 0.1) is 10.1 Å². The fourth-order valence-corrected chi connectivity index (χ4v) is 2.62. The Bertz CT molecular complexity index is 842. The zero-order chi connectivity index (χ0) is 18.4. The summed E-state index contributed by atoms with van der Waals surface area (Å²) < 4.78 is 5.99. The van der Waals surface area contributed by atoms with Crippen molar-refractivity contribution in [3.05, 3.63) is 67.6 Å². The molecule has 9 heteroatoms. The van der Waals surface area contributed by atoms with Crippen LogP contribution >= 0.6 is 27.5 Å². The normalized spacial score (nSPS) is 11.1. The Morgan fingerprint density at radius 2 is 2.12 bits per heavy atom. The highest BCUT2D eigenvalue weighted by Crippen LogP contribution is 2.27. The SMILES string of the molecule is C/C(=N\NC(=O)COc1ccc(Cl)cc1Br)c1cccc([N+](=O)[O-])c1. The molecule has 0 bridgehead atoms. The Labute approximate surface area is 156 Å². The summed E-state index contributed by atoms with van der Waals surface area (Å²) in [5.74, 6) is 0.00515. The fraction of sp³-hybridized carbons (Fsp3) is 0.125. The molecule has 0 aliphatic heterocycles. The summed E-state index contributed by atoms with van der Waals surface area (Å²) in [4.78, 5) is 22.1. The number of ether oxygens (including phenoxy) is 1. The number of halogens is 2. The molecule has 7 nitrogen and oxygen atoms in total. The predicted molar refractivity (Wildman–Crippen MR) is 98.1 cm³/mol. The van der Waals surface area contributed by atoms with Crippen LogP contribution in [0.3, 0.4) is 0 Å². The van der Waals surface area contributed by atoms with Gasteiger partial charge >= 0.3 is 0 Å². The number of hydrazone groups is 1. The number of nitro groups is 1. The molecule has 0 aliphatic rings. The van der Waals surface area contributed by atoms with E-state index in [-0.39, 0.29) is 12.3 Å². The van der Waals surface area contributed by atoms with E-state index in [1.165, 1.54) is 12.1 Å². The van der Waals surface area contributed by atoms with E-state index in [9.17, 15) is 14.9 Å². The highest BCUT2D eigenvalue weighted by atomic mass is 79.9. The van der Waals surface area contributed by atoms with Gasteiger partial charge in [0.1, 0.15) is 5.75 Å². The van der Waals surface area contributed by atoms with Gasteiger partial charge in [-0.05, 0) is 41.1 Å². The molecule has 25 heavy (non-hydrogen) atoms. The molecule has 0 heterocycles. The number of rotatable bonds is 6. The van der Waals surface area contributed by atoms with Crippen molar-refractivity contribution in [3.63, 3.8) is 0 Å². The van der Waals surface area contributed by atoms with Crippen molar-refractivity contribution in [3.8, 4) is 5.75 Å². The van der Waals surface area contributed by atoms with Crippen molar-refractivity contribution in [1.29, 1.82) is 0 Å². The Balaban J connectivity index is 1.95. The van der Waals surface area contributed by atoms with E-state index in [1.54, 1.807) is 37.3 Å². The number of non-ortho nitro benzene ring substituents is 1. The molecule has 2 aromatic rings. The average Bonchev–Trinajstić information content (AvgIpc) is 2.59. The molecule has 0 radical (unpaired) electrons. The van der Waals surface area contributed by atoms with Gasteiger partial charge in [-0.25, -0.2) is 5.43 Å². The smallest absolute Gasteiger partial charge is 0.277 e. The Hall–Kier alpha value is -2.45. The predicted octanol–water partition coefficient (Wildman–Crippen LogP) is 3.93. The van der Waals surface area contributed by atoms with Crippen LogP contribution in [0.15, 0.2) is 52.0 Å². The molecule has 1 N–H and O–H groups in total. The summed E-state index contributed by atoms with van der Waals surface area (Å²) in [6.45, 7) is 1.39. The van der Waals surface area contributed by atoms with Gasteiger partial charge in [0.2, 0.25) is 0 Å². The third-order valence-corrected chi connectivity index (χ3v) is 3.93. The topological polar surface area (TPSA) is 93.8 Å². The van der Waals surface area contributed by atoms with Crippen LogP contribution in [0.4, 0.5) is 5.69 Å². The lowest BCUT2D eigenvalue weighted by atomic mass is 10.1. The molecule has 0 spiro atoms. The third kappa shape index (κ3) is 5.54. The largest absolute Gasteiger partial charge is 0.483 e. The van der Waals surface area contributed by atoms with Gasteiger partial charge in [0.05, 0.1) is 15.1 Å². The van der Waals surface area contributed by atoms with Crippen LogP contribution < -0.4 is 10.2 Å². The van der Waals surface area contributed by atoms with E-state index >= 15 is 0 Å². The zero-order valence-corrected chi connectivity index (χ0v) is 15.4. The number of nitro benzene ring substituents is 1. The minimum Gasteiger partial charge on any atom is -0.483 e. The molecule has 0 aliphatic carbocycles. The number of hydrogen-bond donors (Lipinski definition) is 1. The molecule has 0 unspecified atom stereocenters. The van der Waals surface area contributed by atoms with E-state index in [4.69, 9.17) is 16.3 Å². The zero-order valence-electron chi connectivity index (χ0n) is 13.0. The first kappa shape index (κ1) is 18.9. The summed E-state index contributed by atoms with van der Waals surface area (Å²) >= 11 is 9.11. The molecule has 1 amide bonds. The number of hydrogen-bond acceptors (Lipinski definition) is 5. The van der Waals surface area contributed by atoms with Crippen molar-refractivity contribution >= 4 is 44.8 Å². The van der Waals surface area contributed by atoms with Crippen LogP contribution in [0.25, 0.3) is 0 Å². The van der Waals surface area contributed by atoms with Crippen molar-refractivity contribution in [1.82, 2.24) is 5.43 Å². The lowest BCUT2D eigenvalue weighted by Gasteiger charge is -2.08. The minimum absolute atomic E-state index is 0.0469. The molecule has 0 aromatic heterocycles. The van der Waals surface area contributed by atoms with Gasteiger partial charge in [0.25, 0.3) is 11.6 Å². The van der Waals surface area contributed by atoms with Gasteiger partial charge in [-0.15, -0.1) is 0 Å². The van der Waals surface area contributed by atoms with Gasteiger partial charge in [-0.2, -0.15) is 5.10 Å². The van der Waals surface area contributed by atoms with Crippen LogP contribution in [0.2, 0.25) is 5.02 Å². The monoisotopic (exact) mass is 425 g/mol. The lowest BCUT2D eigenvalue weighted by Crippen LogP contribution is -2.25. The minimum atomic E-state index is -0.493. The summed E-state index contributed by atoms with van der Waals surface area (Å²) in [7, 11) is 0. The molecule has 0 saturated heterocycles. The van der Waals surface area contributed by atoms with Crippen molar-refractivity contribution in [2.24, 2.45) is 5.10 Å². The lowest BCUT2D eigenvalue weighted by molar-refractivity contribution is -0.384. The van der Waals surface area contributed by atoms with Crippen LogP contribution in [-0.4, -0.2) is 23.1 Å². The second-order valence-electron chi connectivity index (χ2n) is 4.90. The first-order valence-corrected chi connectivity index (χ1v) is 8.19. The summed E-state index contributed by atoms with van der Waals surface area (Å²) in [5.41, 5.74) is 3.27. The van der Waals surface area contributed by atoms with Gasteiger partial charge < -0.3 is 4.74 Å². The van der Waals surface area contributed by atoms with Crippen LogP contribution in [0.5, 0.6) is 5.75 Å².